The van der Waals surface area contributed by atoms with E-state index in [1.54, 1.807) is 6.92 Å². The summed E-state index contributed by atoms with van der Waals surface area (Å²) in [5, 5.41) is 13.3. The van der Waals surface area contributed by atoms with Gasteiger partial charge in [0.05, 0.1) is 5.56 Å². The SMILES string of the molecule is Cc1cc(OC[C-]=NO[C-]=O)c(F)c(C)c1Cc1ccc(O)c(-c2ccccc2C(F)(F)F)n1.[Na+]. The van der Waals surface area contributed by atoms with Crippen LogP contribution in [-0.2, 0) is 22.2 Å². The Labute approximate surface area is 220 Å². The number of benzene rings is 2. The quantitative estimate of drug-likeness (QED) is 0.129. The van der Waals surface area contributed by atoms with Gasteiger partial charge in [-0.1, -0.05) is 18.2 Å². The summed E-state index contributed by atoms with van der Waals surface area (Å²) in [6.07, 6.45) is -2.29. The average molecular weight is 497 g/mol. The summed E-state index contributed by atoms with van der Waals surface area (Å²) in [6.45, 7) is 4.04. The van der Waals surface area contributed by atoms with Gasteiger partial charge in [-0.15, -0.1) is 0 Å². The number of alkyl halides is 3. The smallest absolute Gasteiger partial charge is 0.557 e. The van der Waals surface area contributed by atoms with Crippen LogP contribution in [0, 0.1) is 19.7 Å². The van der Waals surface area contributed by atoms with E-state index in [-0.39, 0.29) is 65.2 Å². The van der Waals surface area contributed by atoms with Crippen LogP contribution in [0.3, 0.4) is 0 Å². The third-order valence-electron chi connectivity index (χ3n) is 5.04. The van der Waals surface area contributed by atoms with Crippen molar-refractivity contribution in [1.29, 1.82) is 0 Å². The number of aromatic hydroxyl groups is 1. The van der Waals surface area contributed by atoms with Crippen molar-refractivity contribution < 1.29 is 66.6 Å². The third-order valence-corrected chi connectivity index (χ3v) is 5.04. The summed E-state index contributed by atoms with van der Waals surface area (Å²) >= 11 is 0. The first-order valence-electron chi connectivity index (χ1n) is 9.86. The van der Waals surface area contributed by atoms with Crippen molar-refractivity contribution in [2.45, 2.75) is 26.4 Å². The molecule has 0 aliphatic carbocycles. The fraction of sp³-hybridized carbons (Fsp3) is 0.208. The zero-order chi connectivity index (χ0) is 24.9. The Bertz CT molecular complexity index is 1230. The van der Waals surface area contributed by atoms with Crippen molar-refractivity contribution in [1.82, 2.24) is 4.98 Å². The minimum absolute atomic E-state index is 0. The minimum Gasteiger partial charge on any atom is -0.557 e. The number of hydrogen-bond donors (Lipinski definition) is 1. The molecule has 1 N–H and O–H groups in total. The summed E-state index contributed by atoms with van der Waals surface area (Å²) in [6, 6.07) is 9.00. The van der Waals surface area contributed by atoms with Gasteiger partial charge in [0.15, 0.2) is 11.6 Å². The molecule has 0 aliphatic heterocycles. The first-order valence-corrected chi connectivity index (χ1v) is 9.86. The topological polar surface area (TPSA) is 81.0 Å². The molecule has 6 nitrogen and oxygen atoms in total. The number of ether oxygens (including phenoxy) is 1. The molecular formula is C24H18F4N2NaO4-. The van der Waals surface area contributed by atoms with Crippen LogP contribution in [0.5, 0.6) is 11.5 Å². The molecule has 3 aromatic rings. The Morgan fingerprint density at radius 1 is 1.14 bits per heavy atom. The standard InChI is InChI=1S/C24H18F4N2O4.Na/c1-14-11-21(33-10-9-29-34-13-31)22(25)15(2)18(14)12-16-7-8-20(32)23(30-16)17-5-3-4-6-19(17)24(26,27)28;/h3-8,11,32H,10,12H2,1-2H3;/q-2;+1. The van der Waals surface area contributed by atoms with Crippen LogP contribution < -0.4 is 34.3 Å². The molecule has 0 aliphatic rings. The molecule has 35 heavy (non-hydrogen) atoms. The molecule has 1 heterocycles. The zero-order valence-electron chi connectivity index (χ0n) is 19.0. The van der Waals surface area contributed by atoms with E-state index < -0.39 is 23.3 Å². The minimum atomic E-state index is -4.63. The summed E-state index contributed by atoms with van der Waals surface area (Å²) in [5.74, 6) is -1.13. The largest absolute Gasteiger partial charge is 1.00 e. The van der Waals surface area contributed by atoms with E-state index in [1.807, 2.05) is 0 Å². The van der Waals surface area contributed by atoms with Gasteiger partial charge in [0, 0.05) is 17.7 Å². The molecule has 178 valence electrons. The molecule has 0 unspecified atom stereocenters. The number of halogens is 4. The molecule has 0 spiro atoms. The number of nitrogens with zero attached hydrogens (tertiary/aromatic N) is 2. The molecule has 0 atom stereocenters. The van der Waals surface area contributed by atoms with Gasteiger partial charge in [0.2, 0.25) is 0 Å². The number of aryl methyl sites for hydroxylation is 1. The van der Waals surface area contributed by atoms with E-state index in [1.165, 1.54) is 43.3 Å². The molecule has 3 rings (SSSR count). The molecular weight excluding hydrogens is 479 g/mol. The second kappa shape index (κ2) is 12.1. The molecule has 2 aromatic carbocycles. The fourth-order valence-corrected chi connectivity index (χ4v) is 3.43. The molecule has 11 heteroatoms. The Balaban J connectivity index is 0.00000432. The van der Waals surface area contributed by atoms with Crippen LogP contribution in [0.4, 0.5) is 17.6 Å². The predicted octanol–water partition coefficient (Wildman–Crippen LogP) is 2.15. The van der Waals surface area contributed by atoms with E-state index in [0.29, 0.717) is 16.8 Å². The van der Waals surface area contributed by atoms with Crippen LogP contribution in [0.15, 0.2) is 47.6 Å². The van der Waals surface area contributed by atoms with Gasteiger partial charge in [-0.25, -0.2) is 9.37 Å². The summed E-state index contributed by atoms with van der Waals surface area (Å²) < 4.78 is 60.5. The maximum Gasteiger partial charge on any atom is 1.00 e. The Hall–Kier alpha value is -2.95. The zero-order valence-corrected chi connectivity index (χ0v) is 21.0. The van der Waals surface area contributed by atoms with E-state index in [9.17, 15) is 27.5 Å². The average Bonchev–Trinajstić information content (AvgIpc) is 2.80. The van der Waals surface area contributed by atoms with Crippen molar-refractivity contribution in [2.24, 2.45) is 5.16 Å². The predicted molar refractivity (Wildman–Crippen MR) is 115 cm³/mol. The van der Waals surface area contributed by atoms with Gasteiger partial charge in [-0.3, -0.25) is 0 Å². The van der Waals surface area contributed by atoms with Crippen molar-refractivity contribution in [2.75, 3.05) is 6.61 Å². The molecule has 0 saturated heterocycles. The number of aromatic nitrogens is 1. The first-order chi connectivity index (χ1) is 16.1. The van der Waals surface area contributed by atoms with Crippen LogP contribution >= 0.6 is 0 Å². The molecule has 0 saturated carbocycles. The normalized spacial score (nSPS) is 11.3. The molecule has 0 amide bonds. The van der Waals surface area contributed by atoms with Crippen LogP contribution in [0.2, 0.25) is 0 Å². The van der Waals surface area contributed by atoms with E-state index in [2.05, 4.69) is 21.2 Å². The van der Waals surface area contributed by atoms with Crippen molar-refractivity contribution in [3.8, 4) is 22.8 Å². The van der Waals surface area contributed by atoms with Gasteiger partial charge in [-0.05, 0) is 67.9 Å². The third kappa shape index (κ3) is 6.81. The van der Waals surface area contributed by atoms with Gasteiger partial charge in [-0.2, -0.15) is 13.2 Å². The summed E-state index contributed by atoms with van der Waals surface area (Å²) in [5.41, 5.74) is 0.414. The fourth-order valence-electron chi connectivity index (χ4n) is 3.43. The monoisotopic (exact) mass is 497 g/mol. The summed E-state index contributed by atoms with van der Waals surface area (Å²) in [4.78, 5) is 18.1. The second-order valence-corrected chi connectivity index (χ2v) is 7.21. The molecule has 0 radical (unpaired) electrons. The van der Waals surface area contributed by atoms with Crippen molar-refractivity contribution >= 4 is 12.7 Å². The number of rotatable bonds is 8. The van der Waals surface area contributed by atoms with Gasteiger partial charge in [0.25, 0.3) is 0 Å². The van der Waals surface area contributed by atoms with Crippen LogP contribution in [0.25, 0.3) is 11.3 Å². The maximum absolute atomic E-state index is 14.9. The molecule has 1 aromatic heterocycles. The maximum atomic E-state index is 14.9. The van der Waals surface area contributed by atoms with Gasteiger partial charge in [0.1, 0.15) is 11.4 Å². The first kappa shape index (κ1) is 28.3. The van der Waals surface area contributed by atoms with Crippen molar-refractivity contribution in [3.05, 3.63) is 76.2 Å². The van der Waals surface area contributed by atoms with E-state index in [0.717, 1.165) is 12.5 Å². The van der Waals surface area contributed by atoms with Crippen LogP contribution in [-0.4, -0.2) is 29.4 Å². The Morgan fingerprint density at radius 2 is 1.86 bits per heavy atom. The van der Waals surface area contributed by atoms with E-state index in [4.69, 9.17) is 4.74 Å². The Kier molecular flexibility index (Phi) is 9.82. The van der Waals surface area contributed by atoms with Gasteiger partial charge >= 0.3 is 35.7 Å². The number of hydrogen-bond acceptors (Lipinski definition) is 6. The summed E-state index contributed by atoms with van der Waals surface area (Å²) in [7, 11) is 0. The number of carbonyl (C=O) groups excluding carboxylic acids is 1. The van der Waals surface area contributed by atoms with Crippen molar-refractivity contribution in [3.63, 3.8) is 0 Å². The van der Waals surface area contributed by atoms with Crippen LogP contribution in [0.1, 0.15) is 27.9 Å². The number of pyridine rings is 1. The Morgan fingerprint density at radius 3 is 2.54 bits per heavy atom. The second-order valence-electron chi connectivity index (χ2n) is 7.21. The van der Waals surface area contributed by atoms with Gasteiger partial charge < -0.3 is 30.8 Å². The molecule has 0 fully saturated rings. The van der Waals surface area contributed by atoms with E-state index >= 15 is 0 Å². The molecule has 0 bridgehead atoms.